The van der Waals surface area contributed by atoms with Gasteiger partial charge in [0.1, 0.15) is 6.04 Å². The second-order valence-electron chi connectivity index (χ2n) is 4.45. The summed E-state index contributed by atoms with van der Waals surface area (Å²) < 4.78 is 0. The minimum Gasteiger partial charge on any atom is -0.480 e. The normalized spacial score (nSPS) is 11.8. The highest BCUT2D eigenvalue weighted by Gasteiger charge is 2.18. The molecule has 0 fully saturated rings. The van der Waals surface area contributed by atoms with Crippen LogP contribution >= 0.6 is 0 Å². The summed E-state index contributed by atoms with van der Waals surface area (Å²) in [4.78, 5) is 22.6. The number of carbonyl (C=O) groups excluding carboxylic acids is 1. The molecule has 0 saturated carbocycles. The lowest BCUT2D eigenvalue weighted by atomic mass is 10.1. The van der Waals surface area contributed by atoms with Gasteiger partial charge in [-0.25, -0.2) is 4.79 Å². The number of anilines is 1. The minimum absolute atomic E-state index is 0.238. The molecule has 1 aromatic carbocycles. The maximum Gasteiger partial charge on any atom is 0.326 e. The first-order valence-electron chi connectivity index (χ1n) is 6.40. The monoisotopic (exact) mass is 264 g/mol. The summed E-state index contributed by atoms with van der Waals surface area (Å²) in [5.41, 5.74) is 7.33. The van der Waals surface area contributed by atoms with Crippen molar-refractivity contribution in [3.8, 4) is 0 Å². The van der Waals surface area contributed by atoms with Gasteiger partial charge in [0.25, 0.3) is 0 Å². The molecular weight excluding hydrogens is 244 g/mol. The molecule has 0 spiro atoms. The lowest BCUT2D eigenvalue weighted by molar-refractivity contribution is -0.142. The van der Waals surface area contributed by atoms with Crippen molar-refractivity contribution in [2.75, 3.05) is 5.73 Å². The quantitative estimate of drug-likeness (QED) is 0.652. The van der Waals surface area contributed by atoms with Crippen LogP contribution in [0.15, 0.2) is 24.3 Å². The van der Waals surface area contributed by atoms with Crippen LogP contribution in [0.2, 0.25) is 0 Å². The Morgan fingerprint density at radius 3 is 2.63 bits per heavy atom. The van der Waals surface area contributed by atoms with Crippen molar-refractivity contribution < 1.29 is 14.7 Å². The van der Waals surface area contributed by atoms with E-state index in [0.717, 1.165) is 5.56 Å². The third-order valence-corrected chi connectivity index (χ3v) is 2.89. The fourth-order valence-electron chi connectivity index (χ4n) is 1.82. The molecule has 1 atom stereocenters. The summed E-state index contributed by atoms with van der Waals surface area (Å²) in [7, 11) is 0. The van der Waals surface area contributed by atoms with Crippen molar-refractivity contribution in [3.63, 3.8) is 0 Å². The van der Waals surface area contributed by atoms with E-state index >= 15 is 0 Å². The number of carboxylic acid groups (broad SMARTS) is 1. The van der Waals surface area contributed by atoms with Gasteiger partial charge in [-0.2, -0.15) is 0 Å². The predicted molar refractivity (Wildman–Crippen MR) is 73.6 cm³/mol. The zero-order chi connectivity index (χ0) is 14.3. The molecule has 1 amide bonds. The van der Waals surface area contributed by atoms with Gasteiger partial charge in [-0.1, -0.05) is 31.5 Å². The third-order valence-electron chi connectivity index (χ3n) is 2.89. The lowest BCUT2D eigenvalue weighted by Crippen LogP contribution is -2.40. The minimum atomic E-state index is -0.991. The zero-order valence-electron chi connectivity index (χ0n) is 11.1. The molecule has 5 heteroatoms. The van der Waals surface area contributed by atoms with Crippen LogP contribution < -0.4 is 11.1 Å². The molecule has 5 nitrogen and oxygen atoms in total. The molecule has 0 aliphatic heterocycles. The van der Waals surface area contributed by atoms with Crippen LogP contribution in [-0.4, -0.2) is 23.0 Å². The van der Waals surface area contributed by atoms with Crippen molar-refractivity contribution >= 4 is 17.6 Å². The van der Waals surface area contributed by atoms with Crippen molar-refractivity contribution in [1.29, 1.82) is 0 Å². The number of benzene rings is 1. The van der Waals surface area contributed by atoms with Crippen LogP contribution in [0.1, 0.15) is 31.7 Å². The highest BCUT2D eigenvalue weighted by atomic mass is 16.4. The largest absolute Gasteiger partial charge is 0.480 e. The van der Waals surface area contributed by atoms with E-state index in [4.69, 9.17) is 10.8 Å². The van der Waals surface area contributed by atoms with Crippen LogP contribution in [-0.2, 0) is 16.0 Å². The molecular formula is C14H20N2O3. The lowest BCUT2D eigenvalue weighted by Gasteiger charge is -2.13. The van der Waals surface area contributed by atoms with Gasteiger partial charge < -0.3 is 16.2 Å². The molecule has 0 saturated heterocycles. The molecule has 0 aliphatic carbocycles. The summed E-state index contributed by atoms with van der Waals surface area (Å²) in [5, 5.41) is 11.5. The van der Waals surface area contributed by atoms with Gasteiger partial charge in [-0.3, -0.25) is 4.79 Å². The van der Waals surface area contributed by atoms with E-state index in [9.17, 15) is 9.59 Å². The smallest absolute Gasteiger partial charge is 0.326 e. The fraction of sp³-hybridized carbons (Fsp3) is 0.429. The Balaban J connectivity index is 2.47. The number of carbonyl (C=O) groups is 2. The van der Waals surface area contributed by atoms with Crippen molar-refractivity contribution in [1.82, 2.24) is 5.32 Å². The molecule has 1 aromatic rings. The summed E-state index contributed by atoms with van der Waals surface area (Å²) in [6, 6.07) is 6.54. The molecule has 0 bridgehead atoms. The molecule has 19 heavy (non-hydrogen) atoms. The molecule has 4 N–H and O–H groups in total. The average molecular weight is 264 g/mol. The number of para-hydroxylation sites is 1. The van der Waals surface area contributed by atoms with Crippen LogP contribution in [0.3, 0.4) is 0 Å². The second-order valence-corrected chi connectivity index (χ2v) is 4.45. The number of nitrogens with two attached hydrogens (primary N) is 1. The molecule has 1 rings (SSSR count). The van der Waals surface area contributed by atoms with E-state index in [1.54, 1.807) is 6.07 Å². The maximum atomic E-state index is 11.7. The van der Waals surface area contributed by atoms with Gasteiger partial charge in [0.15, 0.2) is 0 Å². The molecule has 0 radical (unpaired) electrons. The zero-order valence-corrected chi connectivity index (χ0v) is 11.1. The topological polar surface area (TPSA) is 92.4 Å². The fourth-order valence-corrected chi connectivity index (χ4v) is 1.82. The SMILES string of the molecule is CCC[C@H](NC(=O)CCc1ccccc1N)C(=O)O. The molecule has 0 aliphatic rings. The van der Waals surface area contributed by atoms with Crippen LogP contribution in [0.25, 0.3) is 0 Å². The summed E-state index contributed by atoms with van der Waals surface area (Å²) in [6.45, 7) is 1.88. The first-order chi connectivity index (χ1) is 9.04. The number of rotatable bonds is 7. The highest BCUT2D eigenvalue weighted by Crippen LogP contribution is 2.12. The van der Waals surface area contributed by atoms with Crippen molar-refractivity contribution in [2.24, 2.45) is 0 Å². The van der Waals surface area contributed by atoms with Crippen LogP contribution in [0, 0.1) is 0 Å². The average Bonchev–Trinajstić information content (AvgIpc) is 2.37. The molecule has 0 aromatic heterocycles. The highest BCUT2D eigenvalue weighted by molar-refractivity contribution is 5.83. The van der Waals surface area contributed by atoms with E-state index in [-0.39, 0.29) is 12.3 Å². The van der Waals surface area contributed by atoms with Gasteiger partial charge in [0.2, 0.25) is 5.91 Å². The Morgan fingerprint density at radius 2 is 2.05 bits per heavy atom. The number of amides is 1. The van der Waals surface area contributed by atoms with Crippen molar-refractivity contribution in [3.05, 3.63) is 29.8 Å². The predicted octanol–water partition coefficient (Wildman–Crippen LogP) is 1.57. The Hall–Kier alpha value is -2.04. The van der Waals surface area contributed by atoms with E-state index in [2.05, 4.69) is 5.32 Å². The maximum absolute atomic E-state index is 11.7. The van der Waals surface area contributed by atoms with E-state index in [1.807, 2.05) is 25.1 Å². The van der Waals surface area contributed by atoms with E-state index in [0.29, 0.717) is 24.9 Å². The number of carboxylic acids is 1. The number of aryl methyl sites for hydroxylation is 1. The number of nitrogen functional groups attached to an aromatic ring is 1. The van der Waals surface area contributed by atoms with E-state index in [1.165, 1.54) is 0 Å². The summed E-state index contributed by atoms with van der Waals surface area (Å²) in [5.74, 6) is -1.25. The van der Waals surface area contributed by atoms with Gasteiger partial charge in [0.05, 0.1) is 0 Å². The van der Waals surface area contributed by atoms with Gasteiger partial charge in [0, 0.05) is 12.1 Å². The number of hydrogen-bond donors (Lipinski definition) is 3. The van der Waals surface area contributed by atoms with Crippen molar-refractivity contribution in [2.45, 2.75) is 38.6 Å². The first-order valence-corrected chi connectivity index (χ1v) is 6.40. The second kappa shape index (κ2) is 7.41. The first kappa shape index (κ1) is 15.0. The van der Waals surface area contributed by atoms with Gasteiger partial charge in [-0.15, -0.1) is 0 Å². The Morgan fingerprint density at radius 1 is 1.37 bits per heavy atom. The number of hydrogen-bond acceptors (Lipinski definition) is 3. The Labute approximate surface area is 112 Å². The standard InChI is InChI=1S/C14H20N2O3/c1-2-5-12(14(18)19)16-13(17)9-8-10-6-3-4-7-11(10)15/h3-4,6-7,12H,2,5,8-9,15H2,1H3,(H,16,17)(H,18,19)/t12-/m0/s1. The number of nitrogens with one attached hydrogen (secondary N) is 1. The van der Waals surface area contributed by atoms with Gasteiger partial charge in [-0.05, 0) is 24.5 Å². The van der Waals surface area contributed by atoms with Crippen LogP contribution in [0.5, 0.6) is 0 Å². The van der Waals surface area contributed by atoms with Crippen LogP contribution in [0.4, 0.5) is 5.69 Å². The Bertz CT molecular complexity index is 446. The number of aliphatic carboxylic acids is 1. The third kappa shape index (κ3) is 4.99. The van der Waals surface area contributed by atoms with Gasteiger partial charge >= 0.3 is 5.97 Å². The molecule has 0 unspecified atom stereocenters. The molecule has 0 heterocycles. The molecule has 104 valence electrons. The summed E-state index contributed by atoms with van der Waals surface area (Å²) in [6.07, 6.45) is 1.90. The summed E-state index contributed by atoms with van der Waals surface area (Å²) >= 11 is 0. The Kier molecular flexibility index (Phi) is 5.85. The van der Waals surface area contributed by atoms with E-state index < -0.39 is 12.0 Å².